The Morgan fingerprint density at radius 3 is 3.17 bits per heavy atom. The minimum Gasteiger partial charge on any atom is -0.488 e. The lowest BCUT2D eigenvalue weighted by Crippen LogP contribution is -2.40. The van der Waals surface area contributed by atoms with Gasteiger partial charge in [0.2, 0.25) is 5.91 Å². The quantitative estimate of drug-likeness (QED) is 0.707. The Kier molecular flexibility index (Phi) is 4.06. The van der Waals surface area contributed by atoms with E-state index in [0.29, 0.717) is 11.6 Å². The Labute approximate surface area is 110 Å². The molecule has 1 aromatic rings. The first-order valence-corrected chi connectivity index (χ1v) is 6.07. The van der Waals surface area contributed by atoms with Crippen LogP contribution < -0.4 is 15.8 Å². The van der Waals surface area contributed by atoms with Gasteiger partial charge in [0.05, 0.1) is 0 Å². The minimum atomic E-state index is -1.16. The van der Waals surface area contributed by atoms with Gasteiger partial charge in [0.1, 0.15) is 18.0 Å². The maximum absolute atomic E-state index is 10.6. The zero-order valence-corrected chi connectivity index (χ0v) is 10.5. The number of halogens is 1. The third-order valence-corrected chi connectivity index (χ3v) is 3.04. The maximum atomic E-state index is 10.6. The molecule has 0 bridgehead atoms. The monoisotopic (exact) mass is 270 g/mol. The van der Waals surface area contributed by atoms with E-state index in [9.17, 15) is 9.90 Å². The van der Waals surface area contributed by atoms with Crippen LogP contribution in [0, 0.1) is 0 Å². The summed E-state index contributed by atoms with van der Waals surface area (Å²) in [5.74, 6) is 0.103. The largest absolute Gasteiger partial charge is 0.488 e. The zero-order valence-electron chi connectivity index (χ0n) is 9.73. The van der Waals surface area contributed by atoms with E-state index in [1.807, 2.05) is 12.1 Å². The summed E-state index contributed by atoms with van der Waals surface area (Å²) in [4.78, 5) is 10.6. The van der Waals surface area contributed by atoms with Crippen molar-refractivity contribution in [1.82, 2.24) is 5.32 Å². The first kappa shape index (κ1) is 13.1. The highest BCUT2D eigenvalue weighted by Gasteiger charge is 2.23. The van der Waals surface area contributed by atoms with Crippen LogP contribution in [0.3, 0.4) is 0 Å². The number of aliphatic hydroxyl groups is 1. The topological polar surface area (TPSA) is 84.6 Å². The average molecular weight is 271 g/mol. The first-order valence-electron chi connectivity index (χ1n) is 5.69. The Balaban J connectivity index is 1.80. The number of nitrogens with one attached hydrogen (secondary N) is 1. The van der Waals surface area contributed by atoms with Crippen LogP contribution >= 0.6 is 11.6 Å². The smallest absolute Gasteiger partial charge is 0.247 e. The summed E-state index contributed by atoms with van der Waals surface area (Å²) in [5.41, 5.74) is 6.01. The molecule has 1 aliphatic heterocycles. The standard InChI is InChI=1S/C12H15ClN2O3/c13-8-1-2-11-7(3-8)4-9(18-11)5-15-6-10(16)12(14)17/h1-3,9-10,15-16H,4-6H2,(H2,14,17). The predicted octanol–water partition coefficient (Wildman–Crippen LogP) is 0.0793. The summed E-state index contributed by atoms with van der Waals surface area (Å²) in [6, 6.07) is 5.51. The minimum absolute atomic E-state index is 0.0152. The molecule has 98 valence electrons. The van der Waals surface area contributed by atoms with E-state index in [1.165, 1.54) is 0 Å². The molecule has 2 unspecified atom stereocenters. The van der Waals surface area contributed by atoms with Crippen molar-refractivity contribution in [3.8, 4) is 5.75 Å². The van der Waals surface area contributed by atoms with Crippen molar-refractivity contribution in [2.75, 3.05) is 13.1 Å². The van der Waals surface area contributed by atoms with Gasteiger partial charge in [-0.3, -0.25) is 4.79 Å². The van der Waals surface area contributed by atoms with Gasteiger partial charge in [-0.1, -0.05) is 11.6 Å². The fraction of sp³-hybridized carbons (Fsp3) is 0.417. The Morgan fingerprint density at radius 1 is 1.67 bits per heavy atom. The molecule has 1 aliphatic rings. The van der Waals surface area contributed by atoms with Crippen molar-refractivity contribution in [2.45, 2.75) is 18.6 Å². The molecule has 1 heterocycles. The fourth-order valence-electron chi connectivity index (χ4n) is 1.88. The second-order valence-corrected chi connectivity index (χ2v) is 4.71. The second-order valence-electron chi connectivity index (χ2n) is 4.27. The summed E-state index contributed by atoms with van der Waals surface area (Å²) >= 11 is 5.90. The number of rotatable bonds is 5. The molecule has 2 rings (SSSR count). The van der Waals surface area contributed by atoms with Crippen LogP contribution in [0.5, 0.6) is 5.75 Å². The Hall–Kier alpha value is -1.30. The molecule has 1 amide bonds. The number of ether oxygens (including phenoxy) is 1. The third kappa shape index (κ3) is 3.13. The molecular formula is C12H15ClN2O3. The van der Waals surface area contributed by atoms with Crippen LogP contribution in [0.25, 0.3) is 0 Å². The lowest BCUT2D eigenvalue weighted by atomic mass is 10.1. The van der Waals surface area contributed by atoms with Crippen LogP contribution in [-0.2, 0) is 11.2 Å². The van der Waals surface area contributed by atoms with Crippen molar-refractivity contribution in [2.24, 2.45) is 5.73 Å². The van der Waals surface area contributed by atoms with Crippen molar-refractivity contribution in [3.63, 3.8) is 0 Å². The molecule has 0 spiro atoms. The normalized spacial score (nSPS) is 19.1. The van der Waals surface area contributed by atoms with Crippen LogP contribution in [0.4, 0.5) is 0 Å². The number of carbonyl (C=O) groups is 1. The summed E-state index contributed by atoms with van der Waals surface area (Å²) in [6.45, 7) is 0.670. The van der Waals surface area contributed by atoms with Crippen molar-refractivity contribution >= 4 is 17.5 Å². The first-order chi connectivity index (χ1) is 8.56. The SMILES string of the molecule is NC(=O)C(O)CNCC1Cc2cc(Cl)ccc2O1. The number of benzene rings is 1. The van der Waals surface area contributed by atoms with Crippen molar-refractivity contribution < 1.29 is 14.6 Å². The van der Waals surface area contributed by atoms with Crippen LogP contribution in [0.2, 0.25) is 5.02 Å². The number of aliphatic hydroxyl groups excluding tert-OH is 1. The summed E-state index contributed by atoms with van der Waals surface area (Å²) < 4.78 is 5.69. The van der Waals surface area contributed by atoms with E-state index >= 15 is 0 Å². The summed E-state index contributed by atoms with van der Waals surface area (Å²) in [6.07, 6.45) is -0.419. The average Bonchev–Trinajstić information content (AvgIpc) is 2.70. The number of amides is 1. The Morgan fingerprint density at radius 2 is 2.44 bits per heavy atom. The van der Waals surface area contributed by atoms with E-state index in [0.717, 1.165) is 17.7 Å². The van der Waals surface area contributed by atoms with E-state index in [4.69, 9.17) is 22.1 Å². The fourth-order valence-corrected chi connectivity index (χ4v) is 2.08. The highest BCUT2D eigenvalue weighted by molar-refractivity contribution is 6.30. The van der Waals surface area contributed by atoms with Gasteiger partial charge in [0.25, 0.3) is 0 Å². The van der Waals surface area contributed by atoms with Gasteiger partial charge in [-0.2, -0.15) is 0 Å². The van der Waals surface area contributed by atoms with Crippen molar-refractivity contribution in [3.05, 3.63) is 28.8 Å². The molecule has 0 saturated carbocycles. The number of hydrogen-bond acceptors (Lipinski definition) is 4. The van der Waals surface area contributed by atoms with E-state index in [-0.39, 0.29) is 12.6 Å². The highest BCUT2D eigenvalue weighted by Crippen LogP contribution is 2.30. The van der Waals surface area contributed by atoms with Gasteiger partial charge in [0, 0.05) is 24.5 Å². The molecule has 0 radical (unpaired) electrons. The molecular weight excluding hydrogens is 256 g/mol. The van der Waals surface area contributed by atoms with Gasteiger partial charge in [-0.15, -0.1) is 0 Å². The lowest BCUT2D eigenvalue weighted by Gasteiger charge is -2.13. The molecule has 5 nitrogen and oxygen atoms in total. The second kappa shape index (κ2) is 5.56. The Bertz CT molecular complexity index is 453. The summed E-state index contributed by atoms with van der Waals surface area (Å²) in [5, 5.41) is 12.9. The molecule has 0 aromatic heterocycles. The van der Waals surface area contributed by atoms with Gasteiger partial charge in [0.15, 0.2) is 0 Å². The molecule has 0 saturated heterocycles. The van der Waals surface area contributed by atoms with E-state index in [1.54, 1.807) is 6.07 Å². The van der Waals surface area contributed by atoms with Gasteiger partial charge in [-0.25, -0.2) is 0 Å². The number of primary amides is 1. The summed E-state index contributed by atoms with van der Waals surface area (Å²) in [7, 11) is 0. The molecule has 6 heteroatoms. The molecule has 18 heavy (non-hydrogen) atoms. The number of fused-ring (bicyclic) bond motifs is 1. The van der Waals surface area contributed by atoms with Crippen LogP contribution in [-0.4, -0.2) is 36.3 Å². The predicted molar refractivity (Wildman–Crippen MR) is 67.6 cm³/mol. The van der Waals surface area contributed by atoms with Gasteiger partial charge >= 0.3 is 0 Å². The maximum Gasteiger partial charge on any atom is 0.247 e. The molecule has 4 N–H and O–H groups in total. The third-order valence-electron chi connectivity index (χ3n) is 2.80. The molecule has 0 aliphatic carbocycles. The van der Waals surface area contributed by atoms with Crippen LogP contribution in [0.1, 0.15) is 5.56 Å². The van der Waals surface area contributed by atoms with Crippen LogP contribution in [0.15, 0.2) is 18.2 Å². The molecule has 0 fully saturated rings. The van der Waals surface area contributed by atoms with E-state index < -0.39 is 12.0 Å². The zero-order chi connectivity index (χ0) is 13.1. The lowest BCUT2D eigenvalue weighted by molar-refractivity contribution is -0.125. The van der Waals surface area contributed by atoms with E-state index in [2.05, 4.69) is 5.32 Å². The van der Waals surface area contributed by atoms with Gasteiger partial charge < -0.3 is 20.9 Å². The van der Waals surface area contributed by atoms with Crippen molar-refractivity contribution in [1.29, 1.82) is 0 Å². The van der Waals surface area contributed by atoms with Gasteiger partial charge in [-0.05, 0) is 23.8 Å². The number of nitrogens with two attached hydrogens (primary N) is 1. The molecule has 2 atom stereocenters. The highest BCUT2D eigenvalue weighted by atomic mass is 35.5. The molecule has 1 aromatic carbocycles. The number of hydrogen-bond donors (Lipinski definition) is 3. The number of carbonyl (C=O) groups excluding carboxylic acids is 1.